The third kappa shape index (κ3) is 4.47. The van der Waals surface area contributed by atoms with Gasteiger partial charge in [0.05, 0.1) is 4.70 Å². The number of nitrogens with zero attached hydrogens (tertiary/aromatic N) is 2. The van der Waals surface area contributed by atoms with Gasteiger partial charge in [0.25, 0.3) is 0 Å². The summed E-state index contributed by atoms with van der Waals surface area (Å²) >= 11 is 1.57. The van der Waals surface area contributed by atoms with E-state index in [1.54, 1.807) is 11.5 Å². The zero-order valence-electron chi connectivity index (χ0n) is 15.1. The van der Waals surface area contributed by atoms with Crippen LogP contribution in [0, 0.1) is 0 Å². The predicted octanol–water partition coefficient (Wildman–Crippen LogP) is 3.95. The molecule has 0 bridgehead atoms. The molecule has 0 aliphatic carbocycles. The molecule has 5 heteroatoms. The molecule has 1 aromatic carbocycles. The number of rotatable bonds is 6. The lowest BCUT2D eigenvalue weighted by Crippen LogP contribution is -2.50. The maximum Gasteiger partial charge on any atom is 0.147 e. The molecule has 2 aromatic rings. The van der Waals surface area contributed by atoms with Gasteiger partial charge in [-0.05, 0) is 70.2 Å². The van der Waals surface area contributed by atoms with Crippen LogP contribution < -0.4 is 10.6 Å². The molecule has 132 valence electrons. The molecule has 2 N–H and O–H groups in total. The molecule has 2 heterocycles. The number of anilines is 1. The van der Waals surface area contributed by atoms with Gasteiger partial charge in [-0.1, -0.05) is 12.1 Å². The molecule has 1 aliphatic heterocycles. The third-order valence-electron chi connectivity index (χ3n) is 4.90. The highest BCUT2D eigenvalue weighted by Gasteiger charge is 2.26. The zero-order chi connectivity index (χ0) is 17.0. The van der Waals surface area contributed by atoms with Crippen LogP contribution in [-0.4, -0.2) is 47.0 Å². The Morgan fingerprint density at radius 3 is 2.67 bits per heavy atom. The summed E-state index contributed by atoms with van der Waals surface area (Å²) in [4.78, 5) is 2.60. The molecule has 0 saturated carbocycles. The van der Waals surface area contributed by atoms with Gasteiger partial charge in [0.2, 0.25) is 0 Å². The first kappa shape index (κ1) is 17.6. The van der Waals surface area contributed by atoms with Crippen molar-refractivity contribution in [1.82, 2.24) is 14.6 Å². The van der Waals surface area contributed by atoms with E-state index in [1.165, 1.54) is 36.0 Å². The first-order chi connectivity index (χ1) is 11.5. The lowest BCUT2D eigenvalue weighted by molar-refractivity contribution is 0.0964. The molecular formula is C19H30N4S. The lowest BCUT2D eigenvalue weighted by atomic mass is 9.98. The van der Waals surface area contributed by atoms with Crippen molar-refractivity contribution in [2.75, 3.05) is 31.5 Å². The lowest BCUT2D eigenvalue weighted by Gasteiger charge is -2.41. The maximum atomic E-state index is 4.52. The van der Waals surface area contributed by atoms with E-state index in [9.17, 15) is 0 Å². The van der Waals surface area contributed by atoms with Crippen molar-refractivity contribution in [3.63, 3.8) is 0 Å². The molecular weight excluding hydrogens is 316 g/mol. The summed E-state index contributed by atoms with van der Waals surface area (Å²) in [5.41, 5.74) is 0.311. The molecule has 24 heavy (non-hydrogen) atoms. The number of hydrogen-bond acceptors (Lipinski definition) is 5. The van der Waals surface area contributed by atoms with Crippen molar-refractivity contribution in [2.45, 2.75) is 51.6 Å². The molecule has 1 saturated heterocycles. The SMILES string of the molecule is CC(C)(C)N1CCC(NCCCNc2nsc3ccccc23)CC1. The maximum absolute atomic E-state index is 4.52. The van der Waals surface area contributed by atoms with Crippen molar-refractivity contribution in [1.29, 1.82) is 0 Å². The highest BCUT2D eigenvalue weighted by atomic mass is 32.1. The van der Waals surface area contributed by atoms with Crippen LogP contribution in [0.2, 0.25) is 0 Å². The molecule has 1 fully saturated rings. The Morgan fingerprint density at radius 1 is 1.17 bits per heavy atom. The Hall–Kier alpha value is -1.17. The number of nitrogens with one attached hydrogen (secondary N) is 2. The molecule has 1 aliphatic rings. The van der Waals surface area contributed by atoms with Crippen molar-refractivity contribution in [2.24, 2.45) is 0 Å². The predicted molar refractivity (Wildman–Crippen MR) is 105 cm³/mol. The highest BCUT2D eigenvalue weighted by Crippen LogP contribution is 2.26. The minimum atomic E-state index is 0.311. The standard InChI is InChI=1S/C19H30N4S/c1-19(2,3)23-13-9-15(10-14-23)20-11-6-12-21-18-16-7-4-5-8-17(16)24-22-18/h4-5,7-8,15,20H,6,9-14H2,1-3H3,(H,21,22). The summed E-state index contributed by atoms with van der Waals surface area (Å²) in [6, 6.07) is 9.10. The summed E-state index contributed by atoms with van der Waals surface area (Å²) in [5, 5.41) is 8.45. The molecule has 1 aromatic heterocycles. The number of piperidine rings is 1. The van der Waals surface area contributed by atoms with Gasteiger partial charge in [-0.15, -0.1) is 0 Å². The van der Waals surface area contributed by atoms with Crippen LogP contribution >= 0.6 is 11.5 Å². The van der Waals surface area contributed by atoms with E-state index in [1.807, 2.05) is 0 Å². The minimum Gasteiger partial charge on any atom is -0.369 e. The van der Waals surface area contributed by atoms with Gasteiger partial charge in [0, 0.05) is 36.6 Å². The van der Waals surface area contributed by atoms with E-state index in [0.29, 0.717) is 11.6 Å². The molecule has 0 unspecified atom stereocenters. The minimum absolute atomic E-state index is 0.311. The van der Waals surface area contributed by atoms with E-state index in [-0.39, 0.29) is 0 Å². The number of fused-ring (bicyclic) bond motifs is 1. The molecule has 0 spiro atoms. The molecule has 0 amide bonds. The average Bonchev–Trinajstić information content (AvgIpc) is 2.97. The third-order valence-corrected chi connectivity index (χ3v) is 5.73. The Morgan fingerprint density at radius 2 is 1.92 bits per heavy atom. The second-order valence-corrected chi connectivity index (χ2v) is 8.50. The van der Waals surface area contributed by atoms with Gasteiger partial charge in [-0.25, -0.2) is 0 Å². The van der Waals surface area contributed by atoms with Gasteiger partial charge in [-0.2, -0.15) is 4.37 Å². The Labute approximate surface area is 149 Å². The quantitative estimate of drug-likeness (QED) is 0.777. The number of likely N-dealkylation sites (tertiary alicyclic amines) is 1. The fourth-order valence-electron chi connectivity index (χ4n) is 3.37. The smallest absolute Gasteiger partial charge is 0.147 e. The zero-order valence-corrected chi connectivity index (χ0v) is 16.0. The van der Waals surface area contributed by atoms with Gasteiger partial charge >= 0.3 is 0 Å². The fraction of sp³-hybridized carbons (Fsp3) is 0.632. The summed E-state index contributed by atoms with van der Waals surface area (Å²) in [6.45, 7) is 11.4. The normalized spacial score (nSPS) is 17.5. The van der Waals surface area contributed by atoms with E-state index in [2.05, 4.69) is 64.9 Å². The average molecular weight is 347 g/mol. The van der Waals surface area contributed by atoms with E-state index >= 15 is 0 Å². The van der Waals surface area contributed by atoms with Gasteiger partial charge in [0.15, 0.2) is 0 Å². The van der Waals surface area contributed by atoms with E-state index in [4.69, 9.17) is 0 Å². The second-order valence-electron chi connectivity index (χ2n) is 7.69. The van der Waals surface area contributed by atoms with Crippen molar-refractivity contribution >= 4 is 27.4 Å². The van der Waals surface area contributed by atoms with Gasteiger partial charge in [-0.3, -0.25) is 4.90 Å². The Balaban J connectivity index is 1.33. The highest BCUT2D eigenvalue weighted by molar-refractivity contribution is 7.13. The van der Waals surface area contributed by atoms with Crippen molar-refractivity contribution in [3.8, 4) is 0 Å². The Bertz CT molecular complexity index is 638. The van der Waals surface area contributed by atoms with Crippen LogP contribution in [0.3, 0.4) is 0 Å². The molecule has 3 rings (SSSR count). The topological polar surface area (TPSA) is 40.2 Å². The number of benzene rings is 1. The van der Waals surface area contributed by atoms with Crippen LogP contribution in [-0.2, 0) is 0 Å². The van der Waals surface area contributed by atoms with Gasteiger partial charge in [0.1, 0.15) is 5.82 Å². The van der Waals surface area contributed by atoms with Gasteiger partial charge < -0.3 is 10.6 Å². The first-order valence-electron chi connectivity index (χ1n) is 9.11. The van der Waals surface area contributed by atoms with Crippen molar-refractivity contribution in [3.05, 3.63) is 24.3 Å². The van der Waals surface area contributed by atoms with E-state index in [0.717, 1.165) is 25.3 Å². The summed E-state index contributed by atoms with van der Waals surface area (Å²) in [5.74, 6) is 1.04. The van der Waals surface area contributed by atoms with Crippen LogP contribution in [0.15, 0.2) is 24.3 Å². The van der Waals surface area contributed by atoms with Crippen molar-refractivity contribution < 1.29 is 0 Å². The first-order valence-corrected chi connectivity index (χ1v) is 9.88. The van der Waals surface area contributed by atoms with Crippen LogP contribution in [0.25, 0.3) is 10.1 Å². The van der Waals surface area contributed by atoms with Crippen LogP contribution in [0.5, 0.6) is 0 Å². The van der Waals surface area contributed by atoms with E-state index < -0.39 is 0 Å². The summed E-state index contributed by atoms with van der Waals surface area (Å²) < 4.78 is 5.77. The molecule has 0 radical (unpaired) electrons. The summed E-state index contributed by atoms with van der Waals surface area (Å²) in [7, 11) is 0. The molecule has 0 atom stereocenters. The molecule has 4 nitrogen and oxygen atoms in total. The Kier molecular flexibility index (Phi) is 5.74. The number of aromatic nitrogens is 1. The van der Waals surface area contributed by atoms with Crippen LogP contribution in [0.4, 0.5) is 5.82 Å². The monoisotopic (exact) mass is 346 g/mol. The second kappa shape index (κ2) is 7.81. The largest absolute Gasteiger partial charge is 0.369 e. The number of hydrogen-bond donors (Lipinski definition) is 2. The summed E-state index contributed by atoms with van der Waals surface area (Å²) in [6.07, 6.45) is 3.66. The fourth-order valence-corrected chi connectivity index (χ4v) is 4.12. The van der Waals surface area contributed by atoms with Crippen LogP contribution in [0.1, 0.15) is 40.0 Å².